The van der Waals surface area contributed by atoms with Crippen LogP contribution in [0.3, 0.4) is 0 Å². The minimum absolute atomic E-state index is 0.0421. The van der Waals surface area contributed by atoms with Crippen molar-refractivity contribution in [1.29, 1.82) is 0 Å². The van der Waals surface area contributed by atoms with Crippen molar-refractivity contribution >= 4 is 22.6 Å². The molecule has 3 aromatic carbocycles. The van der Waals surface area contributed by atoms with E-state index in [0.717, 1.165) is 18.2 Å². The van der Waals surface area contributed by atoms with Crippen molar-refractivity contribution in [1.82, 2.24) is 5.32 Å². The van der Waals surface area contributed by atoms with Crippen LogP contribution < -0.4 is 5.32 Å². The number of benzene rings is 3. The Morgan fingerprint density at radius 3 is 2.41 bits per heavy atom. The van der Waals surface area contributed by atoms with Crippen molar-refractivity contribution in [2.75, 3.05) is 0 Å². The van der Waals surface area contributed by atoms with E-state index < -0.39 is 12.1 Å². The fourth-order valence-corrected chi connectivity index (χ4v) is 3.16. The zero-order chi connectivity index (χ0) is 20.8. The van der Waals surface area contributed by atoms with E-state index in [-0.39, 0.29) is 23.3 Å². The summed E-state index contributed by atoms with van der Waals surface area (Å²) in [6.07, 6.45) is 0.663. The first-order valence-electron chi connectivity index (χ1n) is 9.71. The van der Waals surface area contributed by atoms with E-state index in [1.807, 2.05) is 37.3 Å². The van der Waals surface area contributed by atoms with Gasteiger partial charge in [-0.05, 0) is 43.7 Å². The molecule has 0 unspecified atom stereocenters. The summed E-state index contributed by atoms with van der Waals surface area (Å²) in [6, 6.07) is 20.4. The second-order valence-electron chi connectivity index (χ2n) is 7.16. The van der Waals surface area contributed by atoms with Gasteiger partial charge in [-0.25, -0.2) is 4.79 Å². The average Bonchev–Trinajstić information content (AvgIpc) is 2.73. The predicted molar refractivity (Wildman–Crippen MR) is 113 cm³/mol. The van der Waals surface area contributed by atoms with E-state index in [1.165, 1.54) is 18.6 Å². The van der Waals surface area contributed by atoms with E-state index in [2.05, 4.69) is 17.4 Å². The smallest absolute Gasteiger partial charge is 0.342 e. The van der Waals surface area contributed by atoms with Gasteiger partial charge in [0.1, 0.15) is 11.3 Å². The molecule has 0 radical (unpaired) electrons. The highest BCUT2D eigenvalue weighted by Crippen LogP contribution is 2.29. The number of ether oxygens (including phenoxy) is 1. The van der Waals surface area contributed by atoms with Gasteiger partial charge >= 0.3 is 5.97 Å². The van der Waals surface area contributed by atoms with Crippen molar-refractivity contribution in [2.24, 2.45) is 0 Å². The van der Waals surface area contributed by atoms with Crippen molar-refractivity contribution in [3.8, 4) is 5.75 Å². The average molecular weight is 391 g/mol. The maximum Gasteiger partial charge on any atom is 0.342 e. The molecule has 0 bridgehead atoms. The number of carbonyl (C=O) groups excluding carboxylic acids is 2. The Bertz CT molecular complexity index is 1000. The Kier molecular flexibility index (Phi) is 6.50. The summed E-state index contributed by atoms with van der Waals surface area (Å²) in [7, 11) is 0. The maximum atomic E-state index is 12.5. The molecule has 0 heterocycles. The van der Waals surface area contributed by atoms with Crippen LogP contribution in [0.1, 0.15) is 36.2 Å². The molecule has 0 aliphatic rings. The number of hydrogen-bond acceptors (Lipinski definition) is 4. The van der Waals surface area contributed by atoms with Crippen LogP contribution in [-0.2, 0) is 16.0 Å². The van der Waals surface area contributed by atoms with Gasteiger partial charge in [0.15, 0.2) is 6.10 Å². The first-order valence-corrected chi connectivity index (χ1v) is 9.71. The Labute approximate surface area is 170 Å². The summed E-state index contributed by atoms with van der Waals surface area (Å²) in [5.74, 6) is -1.23. The number of amides is 1. The molecule has 0 fully saturated rings. The molecule has 5 heteroatoms. The molecule has 0 aliphatic carbocycles. The second kappa shape index (κ2) is 9.24. The molecule has 0 spiro atoms. The Hall–Kier alpha value is -3.34. The summed E-state index contributed by atoms with van der Waals surface area (Å²) >= 11 is 0. The summed E-state index contributed by atoms with van der Waals surface area (Å²) in [6.45, 7) is 3.44. The lowest BCUT2D eigenvalue weighted by molar-refractivity contribution is -0.129. The summed E-state index contributed by atoms with van der Waals surface area (Å²) in [5, 5.41) is 14.6. The number of phenols is 1. The molecule has 2 N–H and O–H groups in total. The van der Waals surface area contributed by atoms with Gasteiger partial charge in [0.05, 0.1) is 0 Å². The highest BCUT2D eigenvalue weighted by molar-refractivity contribution is 6.01. The van der Waals surface area contributed by atoms with E-state index in [4.69, 9.17) is 4.74 Å². The molecule has 0 saturated heterocycles. The van der Waals surface area contributed by atoms with Crippen LogP contribution in [0.2, 0.25) is 0 Å². The number of rotatable bonds is 7. The topological polar surface area (TPSA) is 75.6 Å². The van der Waals surface area contributed by atoms with Crippen LogP contribution in [0, 0.1) is 0 Å². The molecule has 5 nitrogen and oxygen atoms in total. The van der Waals surface area contributed by atoms with Crippen LogP contribution in [0.15, 0.2) is 66.7 Å². The van der Waals surface area contributed by atoms with E-state index >= 15 is 0 Å². The fraction of sp³-hybridized carbons (Fsp3) is 0.250. The number of phenolic OH excluding ortho intramolecular Hbond substituents is 1. The zero-order valence-corrected chi connectivity index (χ0v) is 16.6. The number of esters is 1. The normalized spacial score (nSPS) is 12.9. The predicted octanol–water partition coefficient (Wildman–Crippen LogP) is 4.23. The van der Waals surface area contributed by atoms with Crippen molar-refractivity contribution in [3.05, 3.63) is 77.9 Å². The zero-order valence-electron chi connectivity index (χ0n) is 16.6. The Morgan fingerprint density at radius 1 is 0.966 bits per heavy atom. The van der Waals surface area contributed by atoms with E-state index in [0.29, 0.717) is 5.39 Å². The molecule has 0 aromatic heterocycles. The maximum absolute atomic E-state index is 12.5. The quantitative estimate of drug-likeness (QED) is 0.591. The van der Waals surface area contributed by atoms with Gasteiger partial charge in [0.2, 0.25) is 0 Å². The van der Waals surface area contributed by atoms with E-state index in [1.54, 1.807) is 18.2 Å². The lowest BCUT2D eigenvalue weighted by atomic mass is 10.1. The van der Waals surface area contributed by atoms with Crippen LogP contribution in [0.4, 0.5) is 0 Å². The Morgan fingerprint density at radius 2 is 1.66 bits per heavy atom. The molecule has 1 amide bonds. The van der Waals surface area contributed by atoms with Gasteiger partial charge in [0, 0.05) is 11.4 Å². The van der Waals surface area contributed by atoms with Crippen LogP contribution in [-0.4, -0.2) is 29.1 Å². The van der Waals surface area contributed by atoms with Crippen molar-refractivity contribution < 1.29 is 19.4 Å². The van der Waals surface area contributed by atoms with Crippen LogP contribution in [0.5, 0.6) is 5.75 Å². The lowest BCUT2D eigenvalue weighted by Crippen LogP contribution is -2.41. The monoisotopic (exact) mass is 391 g/mol. The standard InChI is InChI=1S/C24H25NO4/c1-16(12-13-18-8-4-3-5-9-18)25-23(27)17(2)29-24(28)21-15-14-19-10-6-7-11-20(19)22(21)26/h3-11,14-17,26H,12-13H2,1-2H3,(H,25,27)/t16-,17-/m1/s1. The summed E-state index contributed by atoms with van der Waals surface area (Å²) in [5.41, 5.74) is 1.25. The highest BCUT2D eigenvalue weighted by atomic mass is 16.5. The number of fused-ring (bicyclic) bond motifs is 1. The molecular formula is C24H25NO4. The van der Waals surface area contributed by atoms with Gasteiger partial charge < -0.3 is 15.2 Å². The van der Waals surface area contributed by atoms with Crippen molar-refractivity contribution in [3.63, 3.8) is 0 Å². The van der Waals surface area contributed by atoms with Gasteiger partial charge in [-0.2, -0.15) is 0 Å². The van der Waals surface area contributed by atoms with Crippen LogP contribution in [0.25, 0.3) is 10.8 Å². The molecule has 3 rings (SSSR count). The van der Waals surface area contributed by atoms with Gasteiger partial charge in [-0.15, -0.1) is 0 Å². The number of aromatic hydroxyl groups is 1. The molecule has 2 atom stereocenters. The number of carbonyl (C=O) groups is 2. The first-order chi connectivity index (χ1) is 14.0. The molecular weight excluding hydrogens is 366 g/mol. The minimum atomic E-state index is -0.965. The highest BCUT2D eigenvalue weighted by Gasteiger charge is 2.22. The third kappa shape index (κ3) is 5.13. The van der Waals surface area contributed by atoms with Crippen molar-refractivity contribution in [2.45, 2.75) is 38.8 Å². The van der Waals surface area contributed by atoms with Gasteiger partial charge in [-0.3, -0.25) is 4.79 Å². The Balaban J connectivity index is 1.56. The first kappa shape index (κ1) is 20.4. The number of hydrogen-bond donors (Lipinski definition) is 2. The molecule has 0 saturated carbocycles. The summed E-state index contributed by atoms with van der Waals surface area (Å²) in [4.78, 5) is 24.8. The molecule has 3 aromatic rings. The lowest BCUT2D eigenvalue weighted by Gasteiger charge is -2.18. The number of aryl methyl sites for hydroxylation is 1. The number of nitrogens with one attached hydrogen (secondary N) is 1. The fourth-order valence-electron chi connectivity index (χ4n) is 3.16. The molecule has 29 heavy (non-hydrogen) atoms. The second-order valence-corrected chi connectivity index (χ2v) is 7.16. The van der Waals surface area contributed by atoms with Gasteiger partial charge in [0.25, 0.3) is 5.91 Å². The third-order valence-corrected chi connectivity index (χ3v) is 4.87. The SMILES string of the molecule is C[C@H](CCc1ccccc1)NC(=O)[C@@H](C)OC(=O)c1ccc2ccccc2c1O. The summed E-state index contributed by atoms with van der Waals surface area (Å²) < 4.78 is 5.28. The third-order valence-electron chi connectivity index (χ3n) is 4.87. The molecule has 0 aliphatic heterocycles. The minimum Gasteiger partial charge on any atom is -0.506 e. The largest absolute Gasteiger partial charge is 0.506 e. The van der Waals surface area contributed by atoms with Crippen LogP contribution >= 0.6 is 0 Å². The molecule has 150 valence electrons. The van der Waals surface area contributed by atoms with Gasteiger partial charge in [-0.1, -0.05) is 60.7 Å². The van der Waals surface area contributed by atoms with E-state index in [9.17, 15) is 14.7 Å².